The monoisotopic (exact) mass is 252 g/mol. The summed E-state index contributed by atoms with van der Waals surface area (Å²) in [6.07, 6.45) is 2.74. The van der Waals surface area contributed by atoms with E-state index in [2.05, 4.69) is 29.3 Å². The minimum atomic E-state index is 0.398. The molecule has 0 bridgehead atoms. The first-order valence-corrected chi connectivity index (χ1v) is 6.85. The molecule has 1 fully saturated rings. The number of rotatable bonds is 5. The van der Waals surface area contributed by atoms with Crippen LogP contribution in [0.3, 0.4) is 0 Å². The van der Waals surface area contributed by atoms with E-state index in [1.165, 1.54) is 31.5 Å². The molecule has 0 unspecified atom stereocenters. The Hall–Kier alpha value is -0.570. The molecule has 1 heterocycles. The second-order valence-corrected chi connectivity index (χ2v) is 5.21. The maximum Gasteiger partial charge on any atom is 0.0406 e. The van der Waals surface area contributed by atoms with Crippen LogP contribution in [0.4, 0.5) is 0 Å². The molecule has 1 aromatic carbocycles. The smallest absolute Gasteiger partial charge is 0.0406 e. The van der Waals surface area contributed by atoms with Gasteiger partial charge in [0.1, 0.15) is 0 Å². The number of nitrogens with one attached hydrogen (secondary N) is 1. The maximum absolute atomic E-state index is 5.88. The molecule has 1 saturated heterocycles. The van der Waals surface area contributed by atoms with Gasteiger partial charge in [0.2, 0.25) is 0 Å². The van der Waals surface area contributed by atoms with E-state index in [0.717, 1.165) is 18.1 Å². The standard InChI is InChI=1S/C14H21ClN2/c1-12(13-4-6-14(15)7-5-13)16-8-11-17-9-2-3-10-17/h4-7,12,16H,2-3,8-11H2,1H3/t12-/m1/s1. The van der Waals surface area contributed by atoms with Gasteiger partial charge in [0.05, 0.1) is 0 Å². The fraction of sp³-hybridized carbons (Fsp3) is 0.571. The summed E-state index contributed by atoms with van der Waals surface area (Å²) in [4.78, 5) is 2.53. The normalized spacial score (nSPS) is 18.5. The molecule has 0 saturated carbocycles. The molecule has 2 rings (SSSR count). The van der Waals surface area contributed by atoms with Crippen molar-refractivity contribution >= 4 is 11.6 Å². The first-order chi connectivity index (χ1) is 8.25. The van der Waals surface area contributed by atoms with Gasteiger partial charge in [-0.2, -0.15) is 0 Å². The van der Waals surface area contributed by atoms with Crippen LogP contribution in [-0.4, -0.2) is 31.1 Å². The van der Waals surface area contributed by atoms with Crippen LogP contribution in [0.15, 0.2) is 24.3 Å². The highest BCUT2D eigenvalue weighted by molar-refractivity contribution is 6.30. The lowest BCUT2D eigenvalue weighted by molar-refractivity contribution is 0.330. The molecule has 1 aliphatic rings. The number of nitrogens with zero attached hydrogens (tertiary/aromatic N) is 1. The van der Waals surface area contributed by atoms with E-state index in [-0.39, 0.29) is 0 Å². The lowest BCUT2D eigenvalue weighted by atomic mass is 10.1. The molecular weight excluding hydrogens is 232 g/mol. The lowest BCUT2D eigenvalue weighted by Crippen LogP contribution is -2.31. The van der Waals surface area contributed by atoms with E-state index in [1.54, 1.807) is 0 Å². The van der Waals surface area contributed by atoms with E-state index in [0.29, 0.717) is 6.04 Å². The third-order valence-electron chi connectivity index (χ3n) is 3.45. The van der Waals surface area contributed by atoms with Crippen LogP contribution in [0.5, 0.6) is 0 Å². The Morgan fingerprint density at radius 3 is 2.53 bits per heavy atom. The second-order valence-electron chi connectivity index (χ2n) is 4.78. The van der Waals surface area contributed by atoms with Crippen LogP contribution >= 0.6 is 11.6 Å². The van der Waals surface area contributed by atoms with Gasteiger partial charge in [0, 0.05) is 24.2 Å². The van der Waals surface area contributed by atoms with Crippen molar-refractivity contribution in [3.63, 3.8) is 0 Å². The van der Waals surface area contributed by atoms with Crippen LogP contribution in [0.25, 0.3) is 0 Å². The highest BCUT2D eigenvalue weighted by Crippen LogP contribution is 2.15. The average molecular weight is 253 g/mol. The van der Waals surface area contributed by atoms with Gasteiger partial charge in [-0.15, -0.1) is 0 Å². The first-order valence-electron chi connectivity index (χ1n) is 6.47. The number of hydrogen-bond acceptors (Lipinski definition) is 2. The first kappa shape index (κ1) is 12.9. The molecule has 3 heteroatoms. The van der Waals surface area contributed by atoms with Gasteiger partial charge < -0.3 is 10.2 Å². The van der Waals surface area contributed by atoms with E-state index < -0.39 is 0 Å². The van der Waals surface area contributed by atoms with Gasteiger partial charge in [0.25, 0.3) is 0 Å². The average Bonchev–Trinajstić information content (AvgIpc) is 2.83. The van der Waals surface area contributed by atoms with E-state index in [1.807, 2.05) is 12.1 Å². The largest absolute Gasteiger partial charge is 0.309 e. The van der Waals surface area contributed by atoms with Crippen molar-refractivity contribution in [3.8, 4) is 0 Å². The van der Waals surface area contributed by atoms with Crippen molar-refractivity contribution in [1.82, 2.24) is 10.2 Å². The molecule has 2 nitrogen and oxygen atoms in total. The molecule has 1 aromatic rings. The molecule has 0 amide bonds. The summed E-state index contributed by atoms with van der Waals surface area (Å²) in [5, 5.41) is 4.36. The fourth-order valence-electron chi connectivity index (χ4n) is 2.31. The summed E-state index contributed by atoms with van der Waals surface area (Å²) >= 11 is 5.88. The third kappa shape index (κ3) is 3.98. The fourth-order valence-corrected chi connectivity index (χ4v) is 2.44. The molecule has 17 heavy (non-hydrogen) atoms. The Bertz CT molecular complexity index is 331. The molecule has 1 atom stereocenters. The van der Waals surface area contributed by atoms with Crippen LogP contribution in [0.2, 0.25) is 5.02 Å². The Labute approximate surface area is 109 Å². The number of benzene rings is 1. The van der Waals surface area contributed by atoms with Gasteiger partial charge in [-0.3, -0.25) is 0 Å². The predicted molar refractivity (Wildman–Crippen MR) is 73.5 cm³/mol. The molecule has 0 aliphatic carbocycles. The Morgan fingerprint density at radius 1 is 1.24 bits per heavy atom. The van der Waals surface area contributed by atoms with Crippen LogP contribution in [-0.2, 0) is 0 Å². The Kier molecular flexibility index (Phi) is 4.84. The van der Waals surface area contributed by atoms with Gasteiger partial charge in [-0.25, -0.2) is 0 Å². The molecule has 1 aliphatic heterocycles. The summed E-state index contributed by atoms with van der Waals surface area (Å²) in [5.41, 5.74) is 1.30. The van der Waals surface area contributed by atoms with Crippen LogP contribution in [0, 0.1) is 0 Å². The molecule has 0 radical (unpaired) electrons. The summed E-state index contributed by atoms with van der Waals surface area (Å²) < 4.78 is 0. The maximum atomic E-state index is 5.88. The predicted octanol–water partition coefficient (Wildman–Crippen LogP) is 3.09. The lowest BCUT2D eigenvalue weighted by Gasteiger charge is -2.18. The van der Waals surface area contributed by atoms with Crippen LogP contribution < -0.4 is 5.32 Å². The Morgan fingerprint density at radius 2 is 1.88 bits per heavy atom. The van der Waals surface area contributed by atoms with Gasteiger partial charge in [-0.1, -0.05) is 23.7 Å². The van der Waals surface area contributed by atoms with Crippen molar-refractivity contribution in [2.24, 2.45) is 0 Å². The number of hydrogen-bond donors (Lipinski definition) is 1. The minimum Gasteiger partial charge on any atom is -0.309 e. The van der Waals surface area contributed by atoms with Gasteiger partial charge in [-0.05, 0) is 50.6 Å². The SMILES string of the molecule is C[C@@H](NCCN1CCCC1)c1ccc(Cl)cc1. The van der Waals surface area contributed by atoms with Crippen molar-refractivity contribution in [1.29, 1.82) is 0 Å². The molecule has 1 N–H and O–H groups in total. The third-order valence-corrected chi connectivity index (χ3v) is 3.70. The van der Waals surface area contributed by atoms with Gasteiger partial charge >= 0.3 is 0 Å². The topological polar surface area (TPSA) is 15.3 Å². The zero-order chi connectivity index (χ0) is 12.1. The Balaban J connectivity index is 1.72. The van der Waals surface area contributed by atoms with E-state index in [4.69, 9.17) is 11.6 Å². The molecule has 0 spiro atoms. The van der Waals surface area contributed by atoms with E-state index >= 15 is 0 Å². The highest BCUT2D eigenvalue weighted by Gasteiger charge is 2.11. The van der Waals surface area contributed by atoms with Gasteiger partial charge in [0.15, 0.2) is 0 Å². The number of halogens is 1. The van der Waals surface area contributed by atoms with Crippen LogP contribution in [0.1, 0.15) is 31.4 Å². The van der Waals surface area contributed by atoms with Crippen molar-refractivity contribution in [2.45, 2.75) is 25.8 Å². The highest BCUT2D eigenvalue weighted by atomic mass is 35.5. The molecule has 94 valence electrons. The molecular formula is C14H21ClN2. The summed E-state index contributed by atoms with van der Waals surface area (Å²) in [6.45, 7) is 6.98. The zero-order valence-electron chi connectivity index (χ0n) is 10.5. The zero-order valence-corrected chi connectivity index (χ0v) is 11.2. The summed E-state index contributed by atoms with van der Waals surface area (Å²) in [5.74, 6) is 0. The van der Waals surface area contributed by atoms with Crippen molar-refractivity contribution in [2.75, 3.05) is 26.2 Å². The quantitative estimate of drug-likeness (QED) is 0.867. The molecule has 0 aromatic heterocycles. The summed E-state index contributed by atoms with van der Waals surface area (Å²) in [6, 6.07) is 8.49. The van der Waals surface area contributed by atoms with Crippen molar-refractivity contribution < 1.29 is 0 Å². The summed E-state index contributed by atoms with van der Waals surface area (Å²) in [7, 11) is 0. The number of likely N-dealkylation sites (tertiary alicyclic amines) is 1. The minimum absolute atomic E-state index is 0.398. The van der Waals surface area contributed by atoms with E-state index in [9.17, 15) is 0 Å². The van der Waals surface area contributed by atoms with Crippen molar-refractivity contribution in [3.05, 3.63) is 34.9 Å². The second kappa shape index (κ2) is 6.39.